The molecule has 2 N–H and O–H groups in total. The second kappa shape index (κ2) is 5.34. The van der Waals surface area contributed by atoms with Crippen LogP contribution in [-0.4, -0.2) is 59.2 Å². The Hall–Kier alpha value is -1.63. The van der Waals surface area contributed by atoms with Crippen LogP contribution in [0.1, 0.15) is 13.8 Å². The summed E-state index contributed by atoms with van der Waals surface area (Å²) in [6, 6.07) is 0.298. The van der Waals surface area contributed by atoms with Crippen LogP contribution in [0.2, 0.25) is 0 Å². The molecular formula is C11H20N6O. The van der Waals surface area contributed by atoms with E-state index in [1.54, 1.807) is 0 Å². The first-order valence-electron chi connectivity index (χ1n) is 6.16. The van der Waals surface area contributed by atoms with Gasteiger partial charge in [0.1, 0.15) is 0 Å². The van der Waals surface area contributed by atoms with Crippen LogP contribution in [0.5, 0.6) is 6.01 Å². The van der Waals surface area contributed by atoms with Gasteiger partial charge in [-0.05, 0) is 20.9 Å². The van der Waals surface area contributed by atoms with Gasteiger partial charge in [-0.3, -0.25) is 0 Å². The van der Waals surface area contributed by atoms with E-state index in [1.807, 2.05) is 13.8 Å². The maximum atomic E-state index is 5.69. The van der Waals surface area contributed by atoms with Gasteiger partial charge in [0, 0.05) is 26.2 Å². The minimum atomic E-state index is 0.0205. The highest BCUT2D eigenvalue weighted by molar-refractivity contribution is 5.36. The fraction of sp³-hybridized carbons (Fsp3) is 0.727. The zero-order valence-electron chi connectivity index (χ0n) is 11.1. The van der Waals surface area contributed by atoms with Crippen molar-refractivity contribution in [2.24, 2.45) is 0 Å². The summed E-state index contributed by atoms with van der Waals surface area (Å²) >= 11 is 0. The Balaban J connectivity index is 2.14. The molecule has 7 heteroatoms. The zero-order chi connectivity index (χ0) is 13.1. The quantitative estimate of drug-likeness (QED) is 0.810. The number of nitrogens with zero attached hydrogens (tertiary/aromatic N) is 5. The number of nitrogens with two attached hydrogens (primary N) is 1. The van der Waals surface area contributed by atoms with Gasteiger partial charge in [-0.1, -0.05) is 0 Å². The van der Waals surface area contributed by atoms with Gasteiger partial charge in [-0.2, -0.15) is 15.0 Å². The first kappa shape index (κ1) is 12.8. The van der Waals surface area contributed by atoms with Crippen LogP contribution in [0, 0.1) is 0 Å². The topological polar surface area (TPSA) is 80.4 Å². The molecule has 1 aliphatic heterocycles. The van der Waals surface area contributed by atoms with Crippen LogP contribution in [0.25, 0.3) is 0 Å². The Morgan fingerprint density at radius 2 is 1.78 bits per heavy atom. The summed E-state index contributed by atoms with van der Waals surface area (Å²) in [5.41, 5.74) is 5.69. The number of nitrogen functional groups attached to an aromatic ring is 1. The van der Waals surface area contributed by atoms with Crippen molar-refractivity contribution in [2.75, 3.05) is 43.9 Å². The molecule has 7 nitrogen and oxygen atoms in total. The van der Waals surface area contributed by atoms with Crippen molar-refractivity contribution >= 4 is 11.9 Å². The lowest BCUT2D eigenvalue weighted by molar-refractivity contribution is 0.221. The maximum absolute atomic E-state index is 5.69. The van der Waals surface area contributed by atoms with Crippen molar-refractivity contribution in [3.63, 3.8) is 0 Å². The van der Waals surface area contributed by atoms with E-state index < -0.39 is 0 Å². The lowest BCUT2D eigenvalue weighted by Gasteiger charge is -2.32. The van der Waals surface area contributed by atoms with Crippen LogP contribution in [-0.2, 0) is 0 Å². The van der Waals surface area contributed by atoms with Crippen molar-refractivity contribution in [3.8, 4) is 6.01 Å². The molecule has 0 aromatic carbocycles. The number of anilines is 2. The normalized spacial score (nSPS) is 17.2. The van der Waals surface area contributed by atoms with E-state index in [0.29, 0.717) is 12.0 Å². The lowest BCUT2D eigenvalue weighted by atomic mass is 10.3. The minimum absolute atomic E-state index is 0.0205. The van der Waals surface area contributed by atoms with E-state index >= 15 is 0 Å². The van der Waals surface area contributed by atoms with Crippen LogP contribution in [0.3, 0.4) is 0 Å². The minimum Gasteiger partial charge on any atom is -0.461 e. The van der Waals surface area contributed by atoms with E-state index in [0.717, 1.165) is 26.2 Å². The van der Waals surface area contributed by atoms with E-state index in [4.69, 9.17) is 10.5 Å². The van der Waals surface area contributed by atoms with Gasteiger partial charge in [0.15, 0.2) is 0 Å². The Kier molecular flexibility index (Phi) is 3.81. The average Bonchev–Trinajstić information content (AvgIpc) is 2.28. The van der Waals surface area contributed by atoms with Gasteiger partial charge in [-0.15, -0.1) is 0 Å². The molecule has 0 spiro atoms. The Labute approximate surface area is 107 Å². The van der Waals surface area contributed by atoms with E-state index in [9.17, 15) is 0 Å². The summed E-state index contributed by atoms with van der Waals surface area (Å²) in [5, 5.41) is 0. The first-order chi connectivity index (χ1) is 8.54. The smallest absolute Gasteiger partial charge is 0.323 e. The molecule has 0 amide bonds. The fourth-order valence-corrected chi connectivity index (χ4v) is 1.77. The highest BCUT2D eigenvalue weighted by atomic mass is 16.5. The second-order valence-corrected chi connectivity index (χ2v) is 4.73. The lowest BCUT2D eigenvalue weighted by Crippen LogP contribution is -2.45. The van der Waals surface area contributed by atoms with Crippen molar-refractivity contribution in [1.82, 2.24) is 19.9 Å². The molecule has 1 aliphatic rings. The molecular weight excluding hydrogens is 232 g/mol. The molecule has 0 aliphatic carbocycles. The molecule has 0 atom stereocenters. The number of aromatic nitrogens is 3. The van der Waals surface area contributed by atoms with Gasteiger partial charge in [0.2, 0.25) is 11.9 Å². The molecule has 0 radical (unpaired) electrons. The molecule has 2 heterocycles. The fourth-order valence-electron chi connectivity index (χ4n) is 1.77. The van der Waals surface area contributed by atoms with E-state index in [-0.39, 0.29) is 12.1 Å². The van der Waals surface area contributed by atoms with Crippen molar-refractivity contribution < 1.29 is 4.74 Å². The largest absolute Gasteiger partial charge is 0.461 e. The predicted octanol–water partition coefficient (Wildman–Crippen LogP) is -0.00720. The third kappa shape index (κ3) is 3.19. The molecule has 1 fully saturated rings. The van der Waals surface area contributed by atoms with Crippen LogP contribution < -0.4 is 15.4 Å². The molecule has 2 rings (SSSR count). The number of piperazine rings is 1. The summed E-state index contributed by atoms with van der Waals surface area (Å²) in [4.78, 5) is 16.8. The maximum Gasteiger partial charge on any atom is 0.323 e. The molecule has 0 bridgehead atoms. The van der Waals surface area contributed by atoms with Crippen molar-refractivity contribution in [2.45, 2.75) is 20.0 Å². The molecule has 1 aromatic rings. The zero-order valence-corrected chi connectivity index (χ0v) is 11.1. The molecule has 1 saturated heterocycles. The number of ether oxygens (including phenoxy) is 1. The molecule has 100 valence electrons. The Morgan fingerprint density at radius 1 is 1.11 bits per heavy atom. The summed E-state index contributed by atoms with van der Waals surface area (Å²) < 4.78 is 5.47. The summed E-state index contributed by atoms with van der Waals surface area (Å²) in [5.74, 6) is 0.806. The average molecular weight is 252 g/mol. The molecule has 18 heavy (non-hydrogen) atoms. The van der Waals surface area contributed by atoms with Crippen LogP contribution in [0.4, 0.5) is 11.9 Å². The number of likely N-dealkylation sites (N-methyl/N-ethyl adjacent to an activating group) is 1. The summed E-state index contributed by atoms with van der Waals surface area (Å²) in [6.07, 6.45) is 0.0205. The Bertz CT molecular complexity index is 403. The van der Waals surface area contributed by atoms with Gasteiger partial charge < -0.3 is 20.3 Å². The van der Waals surface area contributed by atoms with E-state index in [2.05, 4.69) is 31.8 Å². The van der Waals surface area contributed by atoms with E-state index in [1.165, 1.54) is 0 Å². The third-order valence-electron chi connectivity index (χ3n) is 2.75. The van der Waals surface area contributed by atoms with Crippen LogP contribution in [0.15, 0.2) is 0 Å². The SMILES string of the molecule is CC(C)Oc1nc(N)nc(N2CCN(C)CC2)n1. The number of hydrogen-bond acceptors (Lipinski definition) is 7. The monoisotopic (exact) mass is 252 g/mol. The number of rotatable bonds is 3. The second-order valence-electron chi connectivity index (χ2n) is 4.73. The third-order valence-corrected chi connectivity index (χ3v) is 2.75. The standard InChI is InChI=1S/C11H20N6O/c1-8(2)18-11-14-9(12)13-10(15-11)17-6-4-16(3)5-7-17/h8H,4-7H2,1-3H3,(H2,12,13,14,15). The highest BCUT2D eigenvalue weighted by Crippen LogP contribution is 2.15. The summed E-state index contributed by atoms with van der Waals surface area (Å²) in [7, 11) is 2.10. The molecule has 0 saturated carbocycles. The van der Waals surface area contributed by atoms with Crippen LogP contribution >= 0.6 is 0 Å². The number of hydrogen-bond donors (Lipinski definition) is 1. The van der Waals surface area contributed by atoms with Crippen molar-refractivity contribution in [1.29, 1.82) is 0 Å². The van der Waals surface area contributed by atoms with Gasteiger partial charge in [0.25, 0.3) is 0 Å². The van der Waals surface area contributed by atoms with Crippen molar-refractivity contribution in [3.05, 3.63) is 0 Å². The molecule has 1 aromatic heterocycles. The van der Waals surface area contributed by atoms with Gasteiger partial charge >= 0.3 is 6.01 Å². The Morgan fingerprint density at radius 3 is 2.39 bits per heavy atom. The first-order valence-corrected chi connectivity index (χ1v) is 6.16. The highest BCUT2D eigenvalue weighted by Gasteiger charge is 2.18. The van der Waals surface area contributed by atoms with Gasteiger partial charge in [-0.25, -0.2) is 0 Å². The van der Waals surface area contributed by atoms with Gasteiger partial charge in [0.05, 0.1) is 6.10 Å². The molecule has 0 unspecified atom stereocenters. The summed E-state index contributed by atoms with van der Waals surface area (Å²) in [6.45, 7) is 7.62. The predicted molar refractivity (Wildman–Crippen MR) is 69.7 cm³/mol.